The monoisotopic (exact) mass is 227 g/mol. The number of rotatable bonds is 1. The number of anilines is 1. The van der Waals surface area contributed by atoms with E-state index in [9.17, 15) is 0 Å². The summed E-state index contributed by atoms with van der Waals surface area (Å²) in [4.78, 5) is 4.03. The van der Waals surface area contributed by atoms with Crippen LogP contribution in [0.4, 0.5) is 5.82 Å². The molecule has 0 amide bonds. The first kappa shape index (κ1) is 7.06. The first-order valence-electron chi connectivity index (χ1n) is 6.64. The average Bonchev–Trinajstić information content (AvgIpc) is 2.87. The number of pyridine rings is 1. The molecular formula is C13H12N4. The molecule has 84 valence electrons. The van der Waals surface area contributed by atoms with E-state index in [1.165, 1.54) is 12.4 Å². The highest BCUT2D eigenvalue weighted by Gasteiger charge is 2.02. The standard InChI is InChI=1S/C13H12N4/c1-17-8-12(7-16-17)9-2-3-10-6-15-13(14)5-11(10)4-9/h2-8H,1H3,(H2,14,15)/i1D3. The molecule has 0 aliphatic carbocycles. The van der Waals surface area contributed by atoms with E-state index >= 15 is 0 Å². The van der Waals surface area contributed by atoms with Gasteiger partial charge >= 0.3 is 0 Å². The molecule has 0 unspecified atom stereocenters. The summed E-state index contributed by atoms with van der Waals surface area (Å²) in [5.74, 6) is 0.452. The zero-order valence-corrected chi connectivity index (χ0v) is 8.96. The van der Waals surface area contributed by atoms with Crippen molar-refractivity contribution >= 4 is 16.6 Å². The topological polar surface area (TPSA) is 56.7 Å². The Kier molecular flexibility index (Phi) is 1.49. The average molecular weight is 227 g/mol. The second kappa shape index (κ2) is 3.59. The molecule has 2 heterocycles. The Bertz CT molecular complexity index is 777. The summed E-state index contributed by atoms with van der Waals surface area (Å²) in [6.07, 6.45) is 4.76. The molecule has 0 aliphatic rings. The molecule has 0 bridgehead atoms. The number of aryl methyl sites for hydroxylation is 1. The zero-order valence-electron chi connectivity index (χ0n) is 12.0. The maximum atomic E-state index is 7.32. The minimum absolute atomic E-state index is 0.452. The lowest BCUT2D eigenvalue weighted by molar-refractivity contribution is 0.768. The van der Waals surface area contributed by atoms with Gasteiger partial charge in [0.15, 0.2) is 0 Å². The van der Waals surface area contributed by atoms with Crippen molar-refractivity contribution in [3.8, 4) is 11.1 Å². The Morgan fingerprint density at radius 2 is 2.12 bits per heavy atom. The van der Waals surface area contributed by atoms with E-state index in [2.05, 4.69) is 10.1 Å². The summed E-state index contributed by atoms with van der Waals surface area (Å²) in [5.41, 5.74) is 7.31. The first-order chi connectivity index (χ1) is 9.43. The minimum atomic E-state index is -2.26. The molecule has 3 rings (SSSR count). The van der Waals surface area contributed by atoms with Crippen molar-refractivity contribution in [1.29, 1.82) is 0 Å². The van der Waals surface area contributed by atoms with Gasteiger partial charge in [-0.1, -0.05) is 12.1 Å². The third-order valence-corrected chi connectivity index (χ3v) is 2.66. The van der Waals surface area contributed by atoms with Gasteiger partial charge in [0.1, 0.15) is 5.82 Å². The number of nitrogen functional groups attached to an aromatic ring is 1. The molecular weight excluding hydrogens is 212 g/mol. The zero-order chi connectivity index (χ0) is 14.3. The van der Waals surface area contributed by atoms with Crippen LogP contribution in [-0.2, 0) is 6.98 Å². The highest BCUT2D eigenvalue weighted by atomic mass is 15.2. The fourth-order valence-electron chi connectivity index (χ4n) is 1.81. The van der Waals surface area contributed by atoms with E-state index in [0.29, 0.717) is 5.82 Å². The number of nitrogens with two attached hydrogens (primary N) is 1. The van der Waals surface area contributed by atoms with Gasteiger partial charge in [-0.2, -0.15) is 5.10 Å². The van der Waals surface area contributed by atoms with Crippen LogP contribution in [0.2, 0.25) is 0 Å². The lowest BCUT2D eigenvalue weighted by atomic mass is 10.1. The van der Waals surface area contributed by atoms with Crippen molar-refractivity contribution < 1.29 is 4.11 Å². The van der Waals surface area contributed by atoms with E-state index in [1.807, 2.05) is 18.2 Å². The predicted octanol–water partition coefficient (Wildman–Crippen LogP) is 2.22. The van der Waals surface area contributed by atoms with Crippen LogP contribution in [0.15, 0.2) is 42.9 Å². The highest BCUT2D eigenvalue weighted by Crippen LogP contribution is 2.24. The molecule has 0 aliphatic heterocycles. The van der Waals surface area contributed by atoms with Crippen LogP contribution in [0.25, 0.3) is 21.9 Å². The molecule has 4 nitrogen and oxygen atoms in total. The highest BCUT2D eigenvalue weighted by molar-refractivity contribution is 5.88. The van der Waals surface area contributed by atoms with Gasteiger partial charge in [0.25, 0.3) is 0 Å². The van der Waals surface area contributed by atoms with Crippen molar-refractivity contribution in [3.63, 3.8) is 0 Å². The maximum absolute atomic E-state index is 7.32. The van der Waals surface area contributed by atoms with Crippen molar-refractivity contribution in [2.45, 2.75) is 0 Å². The molecule has 17 heavy (non-hydrogen) atoms. The summed E-state index contributed by atoms with van der Waals surface area (Å²) < 4.78 is 22.9. The third-order valence-electron chi connectivity index (χ3n) is 2.66. The predicted molar refractivity (Wildman–Crippen MR) is 68.4 cm³/mol. The van der Waals surface area contributed by atoms with Gasteiger partial charge in [-0.25, -0.2) is 4.98 Å². The molecule has 2 N–H and O–H groups in total. The molecule has 1 aromatic carbocycles. The molecule has 4 heteroatoms. The first-order valence-corrected chi connectivity index (χ1v) is 5.14. The van der Waals surface area contributed by atoms with Crippen LogP contribution in [0.3, 0.4) is 0 Å². The Morgan fingerprint density at radius 3 is 2.94 bits per heavy atom. The number of hydrogen-bond acceptors (Lipinski definition) is 3. The molecule has 0 spiro atoms. The van der Waals surface area contributed by atoms with E-state index in [1.54, 1.807) is 12.3 Å². The largest absolute Gasteiger partial charge is 0.384 e. The lowest BCUT2D eigenvalue weighted by Gasteiger charge is -2.02. The summed E-state index contributed by atoms with van der Waals surface area (Å²) in [7, 11) is 0. The normalized spacial score (nSPS) is 14.2. The Morgan fingerprint density at radius 1 is 1.18 bits per heavy atom. The van der Waals surface area contributed by atoms with Crippen molar-refractivity contribution in [2.75, 3.05) is 5.73 Å². The number of aromatic nitrogens is 3. The molecule has 0 saturated heterocycles. The van der Waals surface area contributed by atoms with E-state index in [-0.39, 0.29) is 0 Å². The number of nitrogens with zero attached hydrogens (tertiary/aromatic N) is 3. The van der Waals surface area contributed by atoms with Crippen LogP contribution in [-0.4, -0.2) is 14.8 Å². The van der Waals surface area contributed by atoms with E-state index < -0.39 is 6.98 Å². The van der Waals surface area contributed by atoms with Gasteiger partial charge in [-0.15, -0.1) is 0 Å². The molecule has 3 aromatic rings. The quantitative estimate of drug-likeness (QED) is 0.693. The minimum Gasteiger partial charge on any atom is -0.384 e. The van der Waals surface area contributed by atoms with Gasteiger partial charge in [0, 0.05) is 34.4 Å². The molecule has 0 saturated carbocycles. The number of benzene rings is 1. The van der Waals surface area contributed by atoms with E-state index in [0.717, 1.165) is 26.6 Å². The smallest absolute Gasteiger partial charge is 0.123 e. The van der Waals surface area contributed by atoms with Crippen molar-refractivity contribution in [3.05, 3.63) is 42.9 Å². The van der Waals surface area contributed by atoms with Crippen molar-refractivity contribution in [2.24, 2.45) is 6.98 Å². The molecule has 0 radical (unpaired) electrons. The van der Waals surface area contributed by atoms with Crippen LogP contribution >= 0.6 is 0 Å². The second-order valence-corrected chi connectivity index (χ2v) is 3.84. The fourth-order valence-corrected chi connectivity index (χ4v) is 1.81. The third kappa shape index (κ3) is 1.73. The Hall–Kier alpha value is -2.36. The van der Waals surface area contributed by atoms with Crippen LogP contribution in [0, 0.1) is 0 Å². The van der Waals surface area contributed by atoms with Crippen LogP contribution in [0.1, 0.15) is 4.11 Å². The van der Waals surface area contributed by atoms with E-state index in [4.69, 9.17) is 9.85 Å². The van der Waals surface area contributed by atoms with Crippen LogP contribution in [0.5, 0.6) is 0 Å². The summed E-state index contributed by atoms with van der Waals surface area (Å²) >= 11 is 0. The molecule has 0 fully saturated rings. The van der Waals surface area contributed by atoms with Gasteiger partial charge in [0.2, 0.25) is 0 Å². The SMILES string of the molecule is [2H]C([2H])([2H])n1cc(-c2ccc3cnc(N)cc3c2)cn1. The van der Waals surface area contributed by atoms with Gasteiger partial charge in [0.05, 0.1) is 6.20 Å². The van der Waals surface area contributed by atoms with Gasteiger partial charge in [-0.3, -0.25) is 4.68 Å². The number of hydrogen-bond donors (Lipinski definition) is 1. The Balaban J connectivity index is 2.08. The van der Waals surface area contributed by atoms with Crippen molar-refractivity contribution in [1.82, 2.24) is 14.8 Å². The molecule has 0 atom stereocenters. The Labute approximate surface area is 103 Å². The molecule has 2 aromatic heterocycles. The maximum Gasteiger partial charge on any atom is 0.123 e. The lowest BCUT2D eigenvalue weighted by Crippen LogP contribution is -1.88. The van der Waals surface area contributed by atoms with Gasteiger partial charge < -0.3 is 5.73 Å². The number of fused-ring (bicyclic) bond motifs is 1. The fraction of sp³-hybridized carbons (Fsp3) is 0.0769. The summed E-state index contributed by atoms with van der Waals surface area (Å²) in [5, 5.41) is 5.81. The van der Waals surface area contributed by atoms with Crippen LogP contribution < -0.4 is 5.73 Å². The summed E-state index contributed by atoms with van der Waals surface area (Å²) in [6.45, 7) is -2.26. The summed E-state index contributed by atoms with van der Waals surface area (Å²) in [6, 6.07) is 7.55. The second-order valence-electron chi connectivity index (χ2n) is 3.84. The van der Waals surface area contributed by atoms with Gasteiger partial charge in [-0.05, 0) is 23.1 Å².